The first-order valence-corrected chi connectivity index (χ1v) is 7.61. The van der Waals surface area contributed by atoms with Gasteiger partial charge in [-0.05, 0) is 29.6 Å². The maximum atomic E-state index is 12.2. The van der Waals surface area contributed by atoms with E-state index in [4.69, 9.17) is 9.47 Å². The first-order valence-electron chi connectivity index (χ1n) is 6.73. The zero-order valence-corrected chi connectivity index (χ0v) is 12.2. The topological polar surface area (TPSA) is 52.6 Å². The molecular weight excluding hydrogens is 300 g/mol. The quantitative estimate of drug-likeness (QED) is 0.782. The molecule has 0 aliphatic carbocycles. The van der Waals surface area contributed by atoms with Crippen molar-refractivity contribution in [3.63, 3.8) is 0 Å². The van der Waals surface area contributed by atoms with Crippen molar-refractivity contribution in [3.8, 4) is 11.5 Å². The molecule has 0 saturated carbocycles. The lowest BCUT2D eigenvalue weighted by molar-refractivity contribution is 0.0919. The highest BCUT2D eigenvalue weighted by Crippen LogP contribution is 2.31. The molecule has 3 rings (SSSR count). The first kappa shape index (κ1) is 16.2. The predicted octanol–water partition coefficient (Wildman–Crippen LogP) is 4.00. The van der Waals surface area contributed by atoms with Crippen LogP contribution >= 0.6 is 11.3 Å². The Balaban J connectivity index is 0.00000176. The maximum Gasteiger partial charge on any atom is 0.173 e. The van der Waals surface area contributed by atoms with Crippen LogP contribution < -0.4 is 9.47 Å². The van der Waals surface area contributed by atoms with Crippen LogP contribution in [0.5, 0.6) is 11.5 Å². The third-order valence-corrected chi connectivity index (χ3v) is 4.15. The SMILES string of the molecule is C.O=C(CCC(=O)c1cccs1)c1ccc2c(c1)OCCO2. The van der Waals surface area contributed by atoms with Crippen LogP contribution in [0.4, 0.5) is 0 Å². The van der Waals surface area contributed by atoms with Gasteiger partial charge in [-0.15, -0.1) is 11.3 Å². The number of hydrogen-bond acceptors (Lipinski definition) is 5. The molecule has 0 amide bonds. The smallest absolute Gasteiger partial charge is 0.173 e. The Morgan fingerprint density at radius 2 is 1.73 bits per heavy atom. The molecule has 2 heterocycles. The molecule has 1 aromatic carbocycles. The van der Waals surface area contributed by atoms with Gasteiger partial charge in [0.25, 0.3) is 0 Å². The Morgan fingerprint density at radius 3 is 2.45 bits per heavy atom. The summed E-state index contributed by atoms with van der Waals surface area (Å²) in [6.07, 6.45) is 0.435. The van der Waals surface area contributed by atoms with Crippen LogP contribution in [0.15, 0.2) is 35.7 Å². The van der Waals surface area contributed by atoms with E-state index >= 15 is 0 Å². The van der Waals surface area contributed by atoms with E-state index in [0.29, 0.717) is 35.2 Å². The Kier molecular flexibility index (Phi) is 5.33. The van der Waals surface area contributed by atoms with Crippen molar-refractivity contribution in [2.45, 2.75) is 20.3 Å². The molecular formula is C17H18O4S. The lowest BCUT2D eigenvalue weighted by atomic mass is 10.0. The highest BCUT2D eigenvalue weighted by molar-refractivity contribution is 7.12. The highest BCUT2D eigenvalue weighted by Gasteiger charge is 2.16. The molecule has 0 unspecified atom stereocenters. The average molecular weight is 318 g/mol. The van der Waals surface area contributed by atoms with Gasteiger partial charge in [0.2, 0.25) is 0 Å². The number of carbonyl (C=O) groups excluding carboxylic acids is 2. The number of thiophene rings is 1. The Morgan fingerprint density at radius 1 is 1.00 bits per heavy atom. The summed E-state index contributed by atoms with van der Waals surface area (Å²) >= 11 is 1.40. The minimum atomic E-state index is -0.0584. The Bertz CT molecular complexity index is 661. The van der Waals surface area contributed by atoms with Crippen LogP contribution in [0.1, 0.15) is 40.3 Å². The van der Waals surface area contributed by atoms with Crippen molar-refractivity contribution in [2.24, 2.45) is 0 Å². The fourth-order valence-electron chi connectivity index (χ4n) is 2.15. The normalized spacial score (nSPS) is 12.4. The molecule has 0 N–H and O–H groups in total. The van der Waals surface area contributed by atoms with E-state index < -0.39 is 0 Å². The number of ether oxygens (including phenoxy) is 2. The van der Waals surface area contributed by atoms with Crippen molar-refractivity contribution in [3.05, 3.63) is 46.2 Å². The molecule has 5 heteroatoms. The minimum Gasteiger partial charge on any atom is -0.486 e. The summed E-state index contributed by atoms with van der Waals surface area (Å²) in [5.41, 5.74) is 0.554. The van der Waals surface area contributed by atoms with Crippen molar-refractivity contribution >= 4 is 22.9 Å². The van der Waals surface area contributed by atoms with E-state index in [1.165, 1.54) is 11.3 Å². The molecule has 0 atom stereocenters. The third-order valence-electron chi connectivity index (χ3n) is 3.24. The first-order chi connectivity index (χ1) is 10.2. The predicted molar refractivity (Wildman–Crippen MR) is 86.4 cm³/mol. The molecule has 116 valence electrons. The van der Waals surface area contributed by atoms with Gasteiger partial charge in [0.05, 0.1) is 4.88 Å². The van der Waals surface area contributed by atoms with Crippen LogP contribution in [0.3, 0.4) is 0 Å². The van der Waals surface area contributed by atoms with E-state index in [1.54, 1.807) is 24.3 Å². The van der Waals surface area contributed by atoms with Crippen molar-refractivity contribution in [1.82, 2.24) is 0 Å². The zero-order chi connectivity index (χ0) is 14.7. The Hall–Kier alpha value is -2.14. The van der Waals surface area contributed by atoms with Gasteiger partial charge in [-0.2, -0.15) is 0 Å². The number of carbonyl (C=O) groups is 2. The standard InChI is InChI=1S/C16H14O4S.CH4/c17-12(4-5-13(18)16-2-1-9-21-16)11-3-6-14-15(10-11)20-8-7-19-14;/h1-3,6,9-10H,4-5,7-8H2;1H4. The highest BCUT2D eigenvalue weighted by atomic mass is 32.1. The molecule has 4 nitrogen and oxygen atoms in total. The largest absolute Gasteiger partial charge is 0.486 e. The Labute approximate surface area is 133 Å². The number of fused-ring (bicyclic) bond motifs is 1. The van der Waals surface area contributed by atoms with Gasteiger partial charge in [-0.3, -0.25) is 9.59 Å². The van der Waals surface area contributed by atoms with Gasteiger partial charge < -0.3 is 9.47 Å². The molecule has 0 radical (unpaired) electrons. The number of hydrogen-bond donors (Lipinski definition) is 0. The molecule has 1 aliphatic heterocycles. The molecule has 22 heavy (non-hydrogen) atoms. The minimum absolute atomic E-state index is 0. The van der Waals surface area contributed by atoms with E-state index in [2.05, 4.69) is 0 Å². The van der Waals surface area contributed by atoms with Crippen LogP contribution in [-0.4, -0.2) is 24.8 Å². The number of ketones is 2. The monoisotopic (exact) mass is 318 g/mol. The van der Waals surface area contributed by atoms with E-state index in [-0.39, 0.29) is 31.8 Å². The van der Waals surface area contributed by atoms with Gasteiger partial charge in [-0.25, -0.2) is 0 Å². The molecule has 0 fully saturated rings. The van der Waals surface area contributed by atoms with Crippen molar-refractivity contribution in [2.75, 3.05) is 13.2 Å². The van der Waals surface area contributed by atoms with Crippen molar-refractivity contribution < 1.29 is 19.1 Å². The summed E-state index contributed by atoms with van der Waals surface area (Å²) in [7, 11) is 0. The third kappa shape index (κ3) is 3.54. The van der Waals surface area contributed by atoms with Crippen LogP contribution in [0, 0.1) is 0 Å². The summed E-state index contributed by atoms with van der Waals surface area (Å²) in [6.45, 7) is 1.01. The van der Waals surface area contributed by atoms with Gasteiger partial charge >= 0.3 is 0 Å². The lowest BCUT2D eigenvalue weighted by Gasteiger charge is -2.18. The molecule has 0 bridgehead atoms. The average Bonchev–Trinajstić information content (AvgIpc) is 3.06. The number of benzene rings is 1. The van der Waals surface area contributed by atoms with E-state index in [9.17, 15) is 9.59 Å². The molecule has 2 aromatic rings. The van der Waals surface area contributed by atoms with Gasteiger partial charge in [0.15, 0.2) is 23.1 Å². The van der Waals surface area contributed by atoms with Crippen LogP contribution in [-0.2, 0) is 0 Å². The van der Waals surface area contributed by atoms with Crippen LogP contribution in [0.2, 0.25) is 0 Å². The second-order valence-electron chi connectivity index (χ2n) is 4.68. The zero-order valence-electron chi connectivity index (χ0n) is 11.3. The number of rotatable bonds is 5. The summed E-state index contributed by atoms with van der Waals surface area (Å²) in [5, 5.41) is 1.86. The lowest BCUT2D eigenvalue weighted by Crippen LogP contribution is -2.15. The fourth-order valence-corrected chi connectivity index (χ4v) is 2.84. The fraction of sp³-hybridized carbons (Fsp3) is 0.294. The summed E-state index contributed by atoms with van der Waals surface area (Å²) in [5.74, 6) is 1.21. The van der Waals surface area contributed by atoms with Crippen molar-refractivity contribution in [1.29, 1.82) is 0 Å². The second-order valence-corrected chi connectivity index (χ2v) is 5.63. The molecule has 1 aromatic heterocycles. The molecule has 0 spiro atoms. The van der Waals surface area contributed by atoms with Gasteiger partial charge in [0.1, 0.15) is 13.2 Å². The van der Waals surface area contributed by atoms with E-state index in [0.717, 1.165) is 0 Å². The van der Waals surface area contributed by atoms with Gasteiger partial charge in [0, 0.05) is 18.4 Å². The van der Waals surface area contributed by atoms with E-state index in [1.807, 2.05) is 11.4 Å². The molecule has 0 saturated heterocycles. The summed E-state index contributed by atoms with van der Waals surface area (Å²) < 4.78 is 10.9. The number of Topliss-reactive ketones (excluding diaryl/α,β-unsaturated/α-hetero) is 2. The molecule has 1 aliphatic rings. The summed E-state index contributed by atoms with van der Waals surface area (Å²) in [6, 6.07) is 8.75. The summed E-state index contributed by atoms with van der Waals surface area (Å²) in [4.78, 5) is 24.7. The maximum absolute atomic E-state index is 12.2. The van der Waals surface area contributed by atoms with Gasteiger partial charge in [-0.1, -0.05) is 13.5 Å². The second kappa shape index (κ2) is 7.22. The van der Waals surface area contributed by atoms with Crippen LogP contribution in [0.25, 0.3) is 0 Å².